The summed E-state index contributed by atoms with van der Waals surface area (Å²) in [4.78, 5) is 10.1. The standard InChI is InChI=1S/C17H23NO12/c19-5-10-12(22)15(30-16-13(23)11(21)9(20)6-27-16)14(24)17(29-10)28-8-3-1-7(2-4-8)18(25)26/h1-4,9-17,19-24H,5-6H2/t9-,10-,11+,12-,13-,14-,15+,16+,17-/m1/s1. The maximum Gasteiger partial charge on any atom is 0.269 e. The van der Waals surface area contributed by atoms with Gasteiger partial charge in [0.1, 0.15) is 48.5 Å². The molecule has 1 aromatic carbocycles. The van der Waals surface area contributed by atoms with E-state index in [-0.39, 0.29) is 18.0 Å². The molecule has 30 heavy (non-hydrogen) atoms. The lowest BCUT2D eigenvalue weighted by Crippen LogP contribution is -2.63. The normalized spacial score (nSPS) is 39.5. The van der Waals surface area contributed by atoms with Crippen molar-refractivity contribution in [3.8, 4) is 5.75 Å². The van der Waals surface area contributed by atoms with Crippen molar-refractivity contribution in [2.45, 2.75) is 55.3 Å². The molecule has 0 amide bonds. The van der Waals surface area contributed by atoms with Gasteiger partial charge in [0, 0.05) is 12.1 Å². The van der Waals surface area contributed by atoms with Crippen molar-refractivity contribution in [2.75, 3.05) is 13.2 Å². The number of hydrogen-bond donors (Lipinski definition) is 6. The fraction of sp³-hybridized carbons (Fsp3) is 0.647. The summed E-state index contributed by atoms with van der Waals surface area (Å²) in [6.07, 6.45) is -13.4. The van der Waals surface area contributed by atoms with Crippen LogP contribution in [0.15, 0.2) is 24.3 Å². The Morgan fingerprint density at radius 3 is 2.27 bits per heavy atom. The molecule has 13 nitrogen and oxygen atoms in total. The third-order valence-electron chi connectivity index (χ3n) is 4.87. The molecule has 0 bridgehead atoms. The second-order valence-corrected chi connectivity index (χ2v) is 6.93. The number of nitro groups is 1. The number of nitro benzene ring substituents is 1. The van der Waals surface area contributed by atoms with E-state index in [0.717, 1.165) is 0 Å². The molecule has 3 rings (SSSR count). The Balaban J connectivity index is 1.73. The third kappa shape index (κ3) is 4.69. The van der Waals surface area contributed by atoms with Gasteiger partial charge in [-0.3, -0.25) is 10.1 Å². The maximum absolute atomic E-state index is 10.7. The Morgan fingerprint density at radius 1 is 1.00 bits per heavy atom. The van der Waals surface area contributed by atoms with Crippen molar-refractivity contribution in [3.05, 3.63) is 34.4 Å². The SMILES string of the molecule is O=[N+]([O-])c1ccc(O[C@@H]2O[C@H](CO)[C@@H](O)[C@H](O[C@@H]3OC[C@@H](O)[C@H](O)[C@H]3O)[C@H]2O)cc1. The fourth-order valence-corrected chi connectivity index (χ4v) is 3.15. The Morgan fingerprint density at radius 2 is 1.67 bits per heavy atom. The van der Waals surface area contributed by atoms with Gasteiger partial charge in [0.25, 0.3) is 5.69 Å². The molecular formula is C17H23NO12. The van der Waals surface area contributed by atoms with Gasteiger partial charge in [0.05, 0.1) is 18.1 Å². The van der Waals surface area contributed by atoms with E-state index in [9.17, 15) is 40.8 Å². The van der Waals surface area contributed by atoms with Crippen LogP contribution in [0.2, 0.25) is 0 Å². The molecule has 2 aliphatic heterocycles. The molecule has 2 saturated heterocycles. The largest absolute Gasteiger partial charge is 0.462 e. The number of hydrogen-bond acceptors (Lipinski definition) is 12. The monoisotopic (exact) mass is 433 g/mol. The van der Waals surface area contributed by atoms with Gasteiger partial charge < -0.3 is 49.6 Å². The zero-order valence-corrected chi connectivity index (χ0v) is 15.5. The van der Waals surface area contributed by atoms with Gasteiger partial charge in [-0.2, -0.15) is 0 Å². The minimum absolute atomic E-state index is 0.101. The molecule has 0 spiro atoms. The lowest BCUT2D eigenvalue weighted by Gasteiger charge is -2.44. The first kappa shape index (κ1) is 22.7. The van der Waals surface area contributed by atoms with Crippen LogP contribution in [0.1, 0.15) is 0 Å². The number of aliphatic hydroxyl groups is 6. The molecule has 9 atom stereocenters. The molecular weight excluding hydrogens is 410 g/mol. The van der Waals surface area contributed by atoms with Crippen molar-refractivity contribution in [1.29, 1.82) is 0 Å². The summed E-state index contributed by atoms with van der Waals surface area (Å²) in [5.41, 5.74) is -0.179. The fourth-order valence-electron chi connectivity index (χ4n) is 3.15. The first-order valence-corrected chi connectivity index (χ1v) is 9.07. The third-order valence-corrected chi connectivity index (χ3v) is 4.87. The van der Waals surface area contributed by atoms with Crippen LogP contribution >= 0.6 is 0 Å². The molecule has 1 aromatic rings. The highest BCUT2D eigenvalue weighted by molar-refractivity contribution is 5.36. The van der Waals surface area contributed by atoms with E-state index in [1.165, 1.54) is 24.3 Å². The number of ether oxygens (including phenoxy) is 4. The highest BCUT2D eigenvalue weighted by atomic mass is 16.7. The molecule has 0 saturated carbocycles. The van der Waals surface area contributed by atoms with Crippen molar-refractivity contribution in [3.63, 3.8) is 0 Å². The predicted octanol–water partition coefficient (Wildman–Crippen LogP) is -2.76. The lowest BCUT2D eigenvalue weighted by molar-refractivity contribution is -0.384. The molecule has 0 aliphatic carbocycles. The Bertz CT molecular complexity index is 717. The van der Waals surface area contributed by atoms with Gasteiger partial charge in [-0.25, -0.2) is 0 Å². The lowest BCUT2D eigenvalue weighted by atomic mass is 9.98. The molecule has 0 radical (unpaired) electrons. The summed E-state index contributed by atoms with van der Waals surface area (Å²) < 4.78 is 21.4. The van der Waals surface area contributed by atoms with Gasteiger partial charge in [-0.15, -0.1) is 0 Å². The molecule has 2 aliphatic rings. The molecule has 13 heteroatoms. The van der Waals surface area contributed by atoms with Gasteiger partial charge in [0.15, 0.2) is 6.29 Å². The minimum Gasteiger partial charge on any atom is -0.462 e. The molecule has 2 heterocycles. The van der Waals surface area contributed by atoms with E-state index in [1.54, 1.807) is 0 Å². The van der Waals surface area contributed by atoms with E-state index in [2.05, 4.69) is 0 Å². The molecule has 0 aromatic heterocycles. The van der Waals surface area contributed by atoms with Gasteiger partial charge in [-0.1, -0.05) is 0 Å². The van der Waals surface area contributed by atoms with Crippen LogP contribution in [0, 0.1) is 10.1 Å². The molecule has 168 valence electrons. The summed E-state index contributed by atoms with van der Waals surface area (Å²) in [7, 11) is 0. The second-order valence-electron chi connectivity index (χ2n) is 6.93. The topological polar surface area (TPSA) is 201 Å². The summed E-state index contributed by atoms with van der Waals surface area (Å²) in [5, 5.41) is 70.4. The van der Waals surface area contributed by atoms with E-state index >= 15 is 0 Å². The quantitative estimate of drug-likeness (QED) is 0.200. The zero-order chi connectivity index (χ0) is 22.0. The Kier molecular flexibility index (Phi) is 7.18. The Hall–Kier alpha value is -1.94. The number of non-ortho nitro benzene ring substituents is 1. The van der Waals surface area contributed by atoms with Gasteiger partial charge in [-0.05, 0) is 12.1 Å². The van der Waals surface area contributed by atoms with E-state index in [1.807, 2.05) is 0 Å². The number of aliphatic hydroxyl groups excluding tert-OH is 6. The van der Waals surface area contributed by atoms with Crippen LogP contribution in [-0.2, 0) is 14.2 Å². The number of rotatable bonds is 6. The zero-order valence-electron chi connectivity index (χ0n) is 15.5. The van der Waals surface area contributed by atoms with Crippen LogP contribution in [-0.4, -0.2) is 104 Å². The van der Waals surface area contributed by atoms with Crippen molar-refractivity contribution < 1.29 is 54.5 Å². The smallest absolute Gasteiger partial charge is 0.269 e. The first-order chi connectivity index (χ1) is 14.2. The highest BCUT2D eigenvalue weighted by Crippen LogP contribution is 2.29. The summed E-state index contributed by atoms with van der Waals surface area (Å²) >= 11 is 0. The average molecular weight is 433 g/mol. The number of benzene rings is 1. The first-order valence-electron chi connectivity index (χ1n) is 9.07. The van der Waals surface area contributed by atoms with Crippen LogP contribution in [0.25, 0.3) is 0 Å². The summed E-state index contributed by atoms with van der Waals surface area (Å²) in [6.45, 7) is -1.02. The van der Waals surface area contributed by atoms with E-state index in [0.29, 0.717) is 0 Å². The molecule has 6 N–H and O–H groups in total. The highest BCUT2D eigenvalue weighted by Gasteiger charge is 2.49. The van der Waals surface area contributed by atoms with Gasteiger partial charge >= 0.3 is 0 Å². The van der Waals surface area contributed by atoms with E-state index < -0.39 is 66.8 Å². The summed E-state index contributed by atoms with van der Waals surface area (Å²) in [5.74, 6) is 0.101. The van der Waals surface area contributed by atoms with E-state index in [4.69, 9.17) is 18.9 Å². The van der Waals surface area contributed by atoms with Crippen LogP contribution in [0.3, 0.4) is 0 Å². The minimum atomic E-state index is -1.67. The van der Waals surface area contributed by atoms with Crippen LogP contribution in [0.4, 0.5) is 5.69 Å². The number of nitrogens with zero attached hydrogens (tertiary/aromatic N) is 1. The second kappa shape index (κ2) is 9.47. The van der Waals surface area contributed by atoms with Crippen molar-refractivity contribution >= 4 is 5.69 Å². The predicted molar refractivity (Wildman–Crippen MR) is 94.1 cm³/mol. The maximum atomic E-state index is 10.7. The average Bonchev–Trinajstić information content (AvgIpc) is 2.73. The van der Waals surface area contributed by atoms with Crippen LogP contribution < -0.4 is 4.74 Å². The van der Waals surface area contributed by atoms with Crippen molar-refractivity contribution in [1.82, 2.24) is 0 Å². The van der Waals surface area contributed by atoms with Crippen LogP contribution in [0.5, 0.6) is 5.75 Å². The van der Waals surface area contributed by atoms with Gasteiger partial charge in [0.2, 0.25) is 6.29 Å². The van der Waals surface area contributed by atoms with Crippen molar-refractivity contribution in [2.24, 2.45) is 0 Å². The molecule has 2 fully saturated rings. The Labute approximate surface area is 169 Å². The summed E-state index contributed by atoms with van der Waals surface area (Å²) in [6, 6.07) is 4.90. The molecule has 0 unspecified atom stereocenters.